The van der Waals surface area contributed by atoms with Gasteiger partial charge in [0.25, 0.3) is 5.91 Å². The van der Waals surface area contributed by atoms with E-state index in [-0.39, 0.29) is 23.8 Å². The van der Waals surface area contributed by atoms with E-state index in [0.717, 1.165) is 6.54 Å². The van der Waals surface area contributed by atoms with Crippen molar-refractivity contribution in [3.8, 4) is 0 Å². The number of hydrogen-bond donors (Lipinski definition) is 0. The van der Waals surface area contributed by atoms with Gasteiger partial charge in [0.15, 0.2) is 5.69 Å². The zero-order valence-electron chi connectivity index (χ0n) is 22.9. The molecule has 0 bridgehead atoms. The van der Waals surface area contributed by atoms with Crippen molar-refractivity contribution in [2.24, 2.45) is 5.92 Å². The molecule has 1 aliphatic heterocycles. The van der Waals surface area contributed by atoms with Gasteiger partial charge in [-0.05, 0) is 49.3 Å². The molecule has 38 heavy (non-hydrogen) atoms. The Morgan fingerprint density at radius 1 is 1.00 bits per heavy atom. The van der Waals surface area contributed by atoms with Gasteiger partial charge in [-0.25, -0.2) is 4.98 Å². The van der Waals surface area contributed by atoms with Gasteiger partial charge in [-0.2, -0.15) is 0 Å². The molecular formula is C31H39N3O4. The number of esters is 1. The molecule has 1 atom stereocenters. The van der Waals surface area contributed by atoms with Crippen LogP contribution in [-0.2, 0) is 22.6 Å². The third kappa shape index (κ3) is 6.90. The number of ether oxygens (including phenoxy) is 1. The summed E-state index contributed by atoms with van der Waals surface area (Å²) in [6.45, 7) is 11.0. The van der Waals surface area contributed by atoms with E-state index in [4.69, 9.17) is 9.15 Å². The maximum Gasteiger partial charge on any atom is 0.309 e. The highest BCUT2D eigenvalue weighted by atomic mass is 16.5. The van der Waals surface area contributed by atoms with Crippen molar-refractivity contribution in [1.29, 1.82) is 0 Å². The van der Waals surface area contributed by atoms with Crippen LogP contribution in [0.15, 0.2) is 65.3 Å². The molecule has 1 unspecified atom stereocenters. The fraction of sp³-hybridized carbons (Fsp3) is 0.452. The molecule has 1 aliphatic rings. The van der Waals surface area contributed by atoms with Crippen molar-refractivity contribution in [2.75, 3.05) is 19.7 Å². The standard InChI is InChI=1S/C31H39N3O4/c1-5-37-31(36)27-15-17-33(18-16-27)30(35)28-21-38-29(32-28)20-34(23(4)26-9-7-6-8-10-26)19-24-11-13-25(14-12-24)22(2)3/h6-14,21-23,27H,5,15-20H2,1-4H3. The van der Waals surface area contributed by atoms with Crippen molar-refractivity contribution in [2.45, 2.75) is 65.6 Å². The van der Waals surface area contributed by atoms with Crippen molar-refractivity contribution in [3.63, 3.8) is 0 Å². The fourth-order valence-corrected chi connectivity index (χ4v) is 4.91. The summed E-state index contributed by atoms with van der Waals surface area (Å²) in [7, 11) is 0. The molecule has 1 saturated heterocycles. The van der Waals surface area contributed by atoms with Crippen molar-refractivity contribution in [1.82, 2.24) is 14.8 Å². The van der Waals surface area contributed by atoms with Gasteiger partial charge in [-0.15, -0.1) is 0 Å². The summed E-state index contributed by atoms with van der Waals surface area (Å²) >= 11 is 0. The molecule has 1 amide bonds. The van der Waals surface area contributed by atoms with E-state index in [2.05, 4.69) is 79.2 Å². The van der Waals surface area contributed by atoms with Crippen molar-refractivity contribution < 1.29 is 18.7 Å². The minimum atomic E-state index is -0.171. The predicted molar refractivity (Wildman–Crippen MR) is 146 cm³/mol. The van der Waals surface area contributed by atoms with Gasteiger partial charge in [-0.1, -0.05) is 68.4 Å². The number of amides is 1. The van der Waals surface area contributed by atoms with Crippen molar-refractivity contribution >= 4 is 11.9 Å². The van der Waals surface area contributed by atoms with Crippen LogP contribution < -0.4 is 0 Å². The van der Waals surface area contributed by atoms with Gasteiger partial charge in [-0.3, -0.25) is 14.5 Å². The molecule has 202 valence electrons. The Morgan fingerprint density at radius 3 is 2.32 bits per heavy atom. The Morgan fingerprint density at radius 2 is 1.68 bits per heavy atom. The van der Waals surface area contributed by atoms with Gasteiger partial charge >= 0.3 is 5.97 Å². The number of rotatable bonds is 10. The summed E-state index contributed by atoms with van der Waals surface area (Å²) in [5, 5.41) is 0. The van der Waals surface area contributed by atoms with Gasteiger partial charge in [0, 0.05) is 25.7 Å². The predicted octanol–water partition coefficient (Wildman–Crippen LogP) is 5.98. The Kier molecular flexibility index (Phi) is 9.34. The second-order valence-electron chi connectivity index (χ2n) is 10.3. The number of carbonyl (C=O) groups excluding carboxylic acids is 2. The smallest absolute Gasteiger partial charge is 0.309 e. The molecule has 0 saturated carbocycles. The van der Waals surface area contributed by atoms with E-state index < -0.39 is 0 Å². The zero-order chi connectivity index (χ0) is 27.1. The third-order valence-electron chi connectivity index (χ3n) is 7.37. The van der Waals surface area contributed by atoms with Gasteiger partial charge in [0.05, 0.1) is 19.1 Å². The van der Waals surface area contributed by atoms with E-state index in [9.17, 15) is 9.59 Å². The molecule has 0 radical (unpaired) electrons. The number of nitrogens with zero attached hydrogens (tertiary/aromatic N) is 3. The monoisotopic (exact) mass is 517 g/mol. The summed E-state index contributed by atoms with van der Waals surface area (Å²) in [6, 6.07) is 19.3. The summed E-state index contributed by atoms with van der Waals surface area (Å²) in [5.41, 5.74) is 4.05. The first-order valence-electron chi connectivity index (χ1n) is 13.6. The zero-order valence-corrected chi connectivity index (χ0v) is 22.9. The second-order valence-corrected chi connectivity index (χ2v) is 10.3. The molecule has 7 heteroatoms. The quantitative estimate of drug-likeness (QED) is 0.308. The number of aromatic nitrogens is 1. The van der Waals surface area contributed by atoms with Crippen LogP contribution in [0.3, 0.4) is 0 Å². The number of benzene rings is 2. The highest BCUT2D eigenvalue weighted by Gasteiger charge is 2.30. The summed E-state index contributed by atoms with van der Waals surface area (Å²) in [4.78, 5) is 33.8. The van der Waals surface area contributed by atoms with E-state index in [1.54, 1.807) is 4.90 Å². The second kappa shape index (κ2) is 12.9. The molecule has 4 rings (SSSR count). The van der Waals surface area contributed by atoms with Crippen LogP contribution in [0, 0.1) is 5.92 Å². The fourth-order valence-electron chi connectivity index (χ4n) is 4.91. The average Bonchev–Trinajstić information content (AvgIpc) is 3.41. The minimum Gasteiger partial charge on any atom is -0.466 e. The maximum atomic E-state index is 13.1. The highest BCUT2D eigenvalue weighted by molar-refractivity contribution is 5.92. The lowest BCUT2D eigenvalue weighted by Gasteiger charge is -2.30. The molecule has 3 aromatic rings. The molecule has 2 heterocycles. The van der Waals surface area contributed by atoms with E-state index in [1.165, 1.54) is 23.0 Å². The lowest BCUT2D eigenvalue weighted by Crippen LogP contribution is -2.40. The molecular weight excluding hydrogens is 478 g/mol. The Hall–Kier alpha value is -3.45. The van der Waals surface area contributed by atoms with Crippen LogP contribution in [0.4, 0.5) is 0 Å². The Labute approximate surface area is 225 Å². The summed E-state index contributed by atoms with van der Waals surface area (Å²) in [5.74, 6) is 0.525. The van der Waals surface area contributed by atoms with Gasteiger partial charge in [0.1, 0.15) is 6.26 Å². The Bertz CT molecular complexity index is 1180. The van der Waals surface area contributed by atoms with Crippen LogP contribution >= 0.6 is 0 Å². The van der Waals surface area contributed by atoms with Crippen LogP contribution in [0.1, 0.15) is 85.6 Å². The first-order chi connectivity index (χ1) is 18.4. The van der Waals surface area contributed by atoms with Crippen molar-refractivity contribution in [3.05, 3.63) is 89.1 Å². The lowest BCUT2D eigenvalue weighted by molar-refractivity contribution is -0.149. The lowest BCUT2D eigenvalue weighted by atomic mass is 9.97. The van der Waals surface area contributed by atoms with Crippen LogP contribution in [0.2, 0.25) is 0 Å². The summed E-state index contributed by atoms with van der Waals surface area (Å²) in [6.07, 6.45) is 2.67. The average molecular weight is 518 g/mol. The molecule has 0 aliphatic carbocycles. The van der Waals surface area contributed by atoms with E-state index >= 15 is 0 Å². The van der Waals surface area contributed by atoms with Crippen LogP contribution in [0.25, 0.3) is 0 Å². The molecule has 0 N–H and O–H groups in total. The minimum absolute atomic E-state index is 0.119. The first-order valence-corrected chi connectivity index (χ1v) is 13.6. The SMILES string of the molecule is CCOC(=O)C1CCN(C(=O)c2coc(CN(Cc3ccc(C(C)C)cc3)C(C)c3ccccc3)n2)CC1. The number of hydrogen-bond acceptors (Lipinski definition) is 6. The molecule has 1 aromatic heterocycles. The Balaban J connectivity index is 1.45. The molecule has 7 nitrogen and oxygen atoms in total. The van der Waals surface area contributed by atoms with E-state index in [1.807, 2.05) is 13.0 Å². The topological polar surface area (TPSA) is 75.9 Å². The number of piperidine rings is 1. The molecule has 2 aromatic carbocycles. The number of oxazole rings is 1. The third-order valence-corrected chi connectivity index (χ3v) is 7.37. The highest BCUT2D eigenvalue weighted by Crippen LogP contribution is 2.26. The normalized spacial score (nSPS) is 15.2. The number of likely N-dealkylation sites (tertiary alicyclic amines) is 1. The largest absolute Gasteiger partial charge is 0.466 e. The first kappa shape index (κ1) is 27.6. The maximum absolute atomic E-state index is 13.1. The molecule has 1 fully saturated rings. The van der Waals surface area contributed by atoms with Gasteiger partial charge in [0.2, 0.25) is 5.89 Å². The molecule has 0 spiro atoms. The van der Waals surface area contributed by atoms with Gasteiger partial charge < -0.3 is 14.1 Å². The van der Waals surface area contributed by atoms with E-state index in [0.29, 0.717) is 56.6 Å². The van der Waals surface area contributed by atoms with Crippen LogP contribution in [-0.4, -0.2) is 46.4 Å². The number of carbonyl (C=O) groups is 2. The van der Waals surface area contributed by atoms with Crippen LogP contribution in [0.5, 0.6) is 0 Å². The summed E-state index contributed by atoms with van der Waals surface area (Å²) < 4.78 is 10.9.